The van der Waals surface area contributed by atoms with Crippen LogP contribution in [0.1, 0.15) is 29.8 Å². The number of amides is 1. The summed E-state index contributed by atoms with van der Waals surface area (Å²) in [4.78, 5) is 14.4. The third-order valence-electron chi connectivity index (χ3n) is 5.28. The fourth-order valence-corrected chi connectivity index (χ4v) is 3.81. The van der Waals surface area contributed by atoms with Crippen molar-refractivity contribution < 1.29 is 14.3 Å². The third kappa shape index (κ3) is 2.90. The number of hydrogen-bond donors (Lipinski definition) is 0. The van der Waals surface area contributed by atoms with Crippen molar-refractivity contribution in [2.24, 2.45) is 18.4 Å². The molecule has 0 aromatic carbocycles. The van der Waals surface area contributed by atoms with E-state index in [0.29, 0.717) is 11.6 Å². The van der Waals surface area contributed by atoms with Crippen molar-refractivity contribution >= 4 is 5.91 Å². The van der Waals surface area contributed by atoms with Crippen LogP contribution in [0, 0.1) is 11.3 Å². The minimum Gasteiger partial charge on any atom is -0.384 e. The van der Waals surface area contributed by atoms with Crippen molar-refractivity contribution in [2.45, 2.75) is 19.3 Å². The van der Waals surface area contributed by atoms with E-state index in [1.807, 2.05) is 18.1 Å². The van der Waals surface area contributed by atoms with Gasteiger partial charge in [0, 0.05) is 46.0 Å². The third-order valence-corrected chi connectivity index (χ3v) is 5.28. The van der Waals surface area contributed by atoms with Crippen molar-refractivity contribution in [3.8, 4) is 0 Å². The molecule has 1 spiro atoms. The molecule has 2 fully saturated rings. The Hall–Kier alpha value is -1.40. The highest BCUT2D eigenvalue weighted by Gasteiger charge is 2.44. The monoisotopic (exact) mass is 307 g/mol. The van der Waals surface area contributed by atoms with Crippen LogP contribution in [0.5, 0.6) is 0 Å². The minimum atomic E-state index is 0.0470. The largest absolute Gasteiger partial charge is 0.384 e. The quantitative estimate of drug-likeness (QED) is 0.845. The molecule has 2 aliphatic heterocycles. The Kier molecular flexibility index (Phi) is 4.49. The molecule has 3 rings (SSSR count). The van der Waals surface area contributed by atoms with Crippen molar-refractivity contribution in [3.63, 3.8) is 0 Å². The molecule has 0 N–H and O–H groups in total. The van der Waals surface area contributed by atoms with Gasteiger partial charge in [0.1, 0.15) is 5.69 Å². The van der Waals surface area contributed by atoms with Crippen molar-refractivity contribution in [2.75, 3.05) is 40.0 Å². The smallest absolute Gasteiger partial charge is 0.274 e. The maximum absolute atomic E-state index is 12.5. The van der Waals surface area contributed by atoms with Gasteiger partial charge >= 0.3 is 0 Å². The van der Waals surface area contributed by atoms with Crippen LogP contribution < -0.4 is 0 Å². The van der Waals surface area contributed by atoms with E-state index in [1.165, 1.54) is 0 Å². The maximum atomic E-state index is 12.5. The average Bonchev–Trinajstić information content (AvgIpc) is 2.97. The zero-order valence-electron chi connectivity index (χ0n) is 13.5. The van der Waals surface area contributed by atoms with Crippen molar-refractivity contribution in [1.82, 2.24) is 14.7 Å². The van der Waals surface area contributed by atoms with E-state index < -0.39 is 0 Å². The van der Waals surface area contributed by atoms with Crippen LogP contribution in [0.15, 0.2) is 12.3 Å². The van der Waals surface area contributed by atoms with Crippen molar-refractivity contribution in [1.29, 1.82) is 0 Å². The van der Waals surface area contributed by atoms with E-state index in [9.17, 15) is 4.79 Å². The molecule has 2 aliphatic rings. The first-order valence-corrected chi connectivity index (χ1v) is 8.00. The first-order valence-electron chi connectivity index (χ1n) is 8.00. The van der Waals surface area contributed by atoms with E-state index in [2.05, 4.69) is 5.10 Å². The Bertz CT molecular complexity index is 518. The lowest BCUT2D eigenvalue weighted by atomic mass is 9.66. The molecule has 1 amide bonds. The molecule has 1 aromatic rings. The van der Waals surface area contributed by atoms with Gasteiger partial charge in [-0.2, -0.15) is 5.10 Å². The molecule has 0 aliphatic carbocycles. The summed E-state index contributed by atoms with van der Waals surface area (Å²) in [5.41, 5.74) is 0.814. The highest BCUT2D eigenvalue weighted by atomic mass is 16.5. The number of ether oxygens (including phenoxy) is 2. The van der Waals surface area contributed by atoms with Gasteiger partial charge in [0.2, 0.25) is 0 Å². The summed E-state index contributed by atoms with van der Waals surface area (Å²) in [7, 11) is 3.58. The number of aromatic nitrogens is 2. The highest BCUT2D eigenvalue weighted by Crippen LogP contribution is 2.44. The van der Waals surface area contributed by atoms with Crippen LogP contribution in [0.2, 0.25) is 0 Å². The maximum Gasteiger partial charge on any atom is 0.274 e. The number of hydrogen-bond acceptors (Lipinski definition) is 4. The SMILES string of the molecule is COCC1COCCC12CCN(C(=O)c1ccn(C)n1)CC2. The summed E-state index contributed by atoms with van der Waals surface area (Å²) in [6.07, 6.45) is 4.95. The number of methoxy groups -OCH3 is 1. The van der Waals surface area contributed by atoms with Crippen molar-refractivity contribution in [3.05, 3.63) is 18.0 Å². The molecule has 1 unspecified atom stereocenters. The summed E-state index contributed by atoms with van der Waals surface area (Å²) in [5.74, 6) is 0.490. The second-order valence-electron chi connectivity index (χ2n) is 6.51. The van der Waals surface area contributed by atoms with Gasteiger partial charge in [-0.1, -0.05) is 0 Å². The number of likely N-dealkylation sites (tertiary alicyclic amines) is 1. The summed E-state index contributed by atoms with van der Waals surface area (Å²) in [5, 5.41) is 4.22. The molecule has 22 heavy (non-hydrogen) atoms. The van der Waals surface area contributed by atoms with E-state index in [-0.39, 0.29) is 11.3 Å². The molecule has 122 valence electrons. The predicted octanol–water partition coefficient (Wildman–Crippen LogP) is 1.33. The zero-order valence-corrected chi connectivity index (χ0v) is 13.5. The molecule has 6 nitrogen and oxygen atoms in total. The summed E-state index contributed by atoms with van der Waals surface area (Å²) in [6, 6.07) is 1.79. The molecule has 0 radical (unpaired) electrons. The Morgan fingerprint density at radius 3 is 2.86 bits per heavy atom. The second-order valence-corrected chi connectivity index (χ2v) is 6.51. The fourth-order valence-electron chi connectivity index (χ4n) is 3.81. The molecule has 0 bridgehead atoms. The number of aryl methyl sites for hydroxylation is 1. The lowest BCUT2D eigenvalue weighted by Gasteiger charge is -2.48. The average molecular weight is 307 g/mol. The Morgan fingerprint density at radius 1 is 1.45 bits per heavy atom. The summed E-state index contributed by atoms with van der Waals surface area (Å²) in [6.45, 7) is 3.95. The first-order chi connectivity index (χ1) is 10.6. The molecule has 1 aromatic heterocycles. The second kappa shape index (κ2) is 6.38. The van der Waals surface area contributed by atoms with Gasteiger partial charge < -0.3 is 14.4 Å². The van der Waals surface area contributed by atoms with Crippen LogP contribution in [-0.4, -0.2) is 60.6 Å². The lowest BCUT2D eigenvalue weighted by molar-refractivity contribution is -0.0912. The zero-order chi connectivity index (χ0) is 15.6. The van der Waals surface area contributed by atoms with Gasteiger partial charge in [0.15, 0.2) is 0 Å². The Morgan fingerprint density at radius 2 is 2.23 bits per heavy atom. The molecular weight excluding hydrogens is 282 g/mol. The Labute approximate surface area is 131 Å². The van der Waals surface area contributed by atoms with Gasteiger partial charge in [0.05, 0.1) is 13.2 Å². The van der Waals surface area contributed by atoms with E-state index >= 15 is 0 Å². The summed E-state index contributed by atoms with van der Waals surface area (Å²) < 4.78 is 12.7. The van der Waals surface area contributed by atoms with Gasteiger partial charge in [-0.25, -0.2) is 0 Å². The molecular formula is C16H25N3O3. The molecule has 6 heteroatoms. The van der Waals surface area contributed by atoms with Gasteiger partial charge in [-0.15, -0.1) is 0 Å². The van der Waals surface area contributed by atoms with Gasteiger partial charge in [0.25, 0.3) is 5.91 Å². The number of nitrogens with zero attached hydrogens (tertiary/aromatic N) is 3. The standard InChI is InChI=1S/C16H25N3O3/c1-18-7-3-14(17-18)15(20)19-8-4-16(5-9-19)6-10-22-12-13(16)11-21-2/h3,7,13H,4-6,8-12H2,1-2H3. The van der Waals surface area contributed by atoms with Crippen LogP contribution >= 0.6 is 0 Å². The van der Waals surface area contributed by atoms with Crippen LogP contribution in [0.4, 0.5) is 0 Å². The van der Waals surface area contributed by atoms with Gasteiger partial charge in [-0.05, 0) is 30.7 Å². The van der Waals surface area contributed by atoms with E-state index in [0.717, 1.165) is 52.2 Å². The molecule has 3 heterocycles. The van der Waals surface area contributed by atoms with E-state index in [1.54, 1.807) is 17.9 Å². The topological polar surface area (TPSA) is 56.6 Å². The number of piperidine rings is 1. The predicted molar refractivity (Wildman–Crippen MR) is 81.6 cm³/mol. The van der Waals surface area contributed by atoms with Crippen LogP contribution in [0.25, 0.3) is 0 Å². The molecule has 0 saturated carbocycles. The molecule has 1 atom stereocenters. The van der Waals surface area contributed by atoms with Gasteiger partial charge in [-0.3, -0.25) is 9.48 Å². The molecule has 2 saturated heterocycles. The Balaban J connectivity index is 1.65. The van der Waals surface area contributed by atoms with E-state index in [4.69, 9.17) is 9.47 Å². The van der Waals surface area contributed by atoms with Crippen LogP contribution in [-0.2, 0) is 16.5 Å². The minimum absolute atomic E-state index is 0.0470. The first kappa shape index (κ1) is 15.5. The fraction of sp³-hybridized carbons (Fsp3) is 0.750. The number of rotatable bonds is 3. The lowest BCUT2D eigenvalue weighted by Crippen LogP contribution is -2.50. The number of carbonyl (C=O) groups is 1. The summed E-state index contributed by atoms with van der Waals surface area (Å²) >= 11 is 0. The normalized spacial score (nSPS) is 24.6. The highest BCUT2D eigenvalue weighted by molar-refractivity contribution is 5.92. The van der Waals surface area contributed by atoms with Crippen LogP contribution in [0.3, 0.4) is 0 Å². The number of carbonyl (C=O) groups excluding carboxylic acids is 1.